The second-order valence-corrected chi connectivity index (χ2v) is 4.25. The summed E-state index contributed by atoms with van der Waals surface area (Å²) in [5, 5.41) is 0.664. The molecule has 0 saturated carbocycles. The van der Waals surface area contributed by atoms with Gasteiger partial charge in [0.25, 0.3) is 5.56 Å². The van der Waals surface area contributed by atoms with Crippen molar-refractivity contribution in [3.8, 4) is 11.4 Å². The third-order valence-electron chi connectivity index (χ3n) is 3.00. The molecule has 18 heavy (non-hydrogen) atoms. The number of H-pyrrole nitrogens is 1. The molecular weight excluding hydrogens is 224 g/mol. The predicted octanol–water partition coefficient (Wildman–Crippen LogP) is 2.90. The normalized spacial score (nSPS) is 10.7. The van der Waals surface area contributed by atoms with Crippen molar-refractivity contribution in [3.05, 3.63) is 64.4 Å². The second-order valence-electron chi connectivity index (χ2n) is 4.25. The largest absolute Gasteiger partial charge is 0.339 e. The summed E-state index contributed by atoms with van der Waals surface area (Å²) < 4.78 is 0. The third kappa shape index (κ3) is 1.70. The van der Waals surface area contributed by atoms with Gasteiger partial charge >= 0.3 is 0 Å². The van der Waals surface area contributed by atoms with Gasteiger partial charge < -0.3 is 4.98 Å². The number of aromatic nitrogens is 2. The van der Waals surface area contributed by atoms with Crippen LogP contribution in [0.4, 0.5) is 0 Å². The molecule has 0 aliphatic carbocycles. The highest BCUT2D eigenvalue weighted by atomic mass is 16.1. The van der Waals surface area contributed by atoms with Crippen molar-refractivity contribution in [2.24, 2.45) is 0 Å². The fourth-order valence-electron chi connectivity index (χ4n) is 2.10. The molecule has 3 nitrogen and oxygen atoms in total. The fraction of sp³-hybridized carbons (Fsp3) is 0.0667. The van der Waals surface area contributed by atoms with Crippen LogP contribution < -0.4 is 5.56 Å². The lowest BCUT2D eigenvalue weighted by molar-refractivity contribution is 1.17. The van der Waals surface area contributed by atoms with E-state index in [2.05, 4.69) is 9.97 Å². The fourth-order valence-corrected chi connectivity index (χ4v) is 2.10. The lowest BCUT2D eigenvalue weighted by Gasteiger charge is -2.04. The monoisotopic (exact) mass is 236 g/mol. The Morgan fingerprint density at radius 1 is 1.00 bits per heavy atom. The average molecular weight is 236 g/mol. The van der Waals surface area contributed by atoms with Crippen LogP contribution in [-0.2, 0) is 0 Å². The number of benzene rings is 2. The van der Waals surface area contributed by atoms with Crippen LogP contribution in [0.2, 0.25) is 0 Å². The van der Waals surface area contributed by atoms with E-state index in [1.54, 1.807) is 0 Å². The van der Waals surface area contributed by atoms with Crippen LogP contribution in [0.15, 0.2) is 53.3 Å². The molecule has 3 rings (SSSR count). The predicted molar refractivity (Wildman–Crippen MR) is 72.5 cm³/mol. The van der Waals surface area contributed by atoms with E-state index in [1.807, 2.05) is 55.5 Å². The van der Waals surface area contributed by atoms with Crippen LogP contribution in [0.3, 0.4) is 0 Å². The molecule has 0 saturated heterocycles. The van der Waals surface area contributed by atoms with Crippen molar-refractivity contribution < 1.29 is 0 Å². The third-order valence-corrected chi connectivity index (χ3v) is 3.00. The summed E-state index contributed by atoms with van der Waals surface area (Å²) in [6, 6.07) is 15.4. The van der Waals surface area contributed by atoms with Gasteiger partial charge in [0.05, 0.1) is 10.9 Å². The minimum absolute atomic E-state index is 0.180. The molecule has 3 heteroatoms. The maximum absolute atomic E-state index is 12.1. The van der Waals surface area contributed by atoms with Gasteiger partial charge in [-0.05, 0) is 18.6 Å². The number of aryl methyl sites for hydroxylation is 1. The Bertz CT molecular complexity index is 760. The summed E-state index contributed by atoms with van der Waals surface area (Å²) in [4.78, 5) is 19.4. The van der Waals surface area contributed by atoms with Gasteiger partial charge in [-0.1, -0.05) is 42.5 Å². The summed E-state index contributed by atoms with van der Waals surface area (Å²) in [7, 11) is 0. The van der Waals surface area contributed by atoms with Crippen LogP contribution >= 0.6 is 0 Å². The Labute approximate surface area is 104 Å². The molecule has 1 N–H and O–H groups in total. The first-order valence-corrected chi connectivity index (χ1v) is 5.81. The Balaban J connectivity index is 2.33. The lowest BCUT2D eigenvalue weighted by Crippen LogP contribution is -2.10. The number of rotatable bonds is 1. The smallest absolute Gasteiger partial charge is 0.281 e. The maximum Gasteiger partial charge on any atom is 0.281 e. The summed E-state index contributed by atoms with van der Waals surface area (Å²) in [6.07, 6.45) is 0. The van der Waals surface area contributed by atoms with Crippen LogP contribution in [-0.4, -0.2) is 9.97 Å². The quantitative estimate of drug-likeness (QED) is 0.706. The summed E-state index contributed by atoms with van der Waals surface area (Å²) in [5.74, 6) is 0.610. The van der Waals surface area contributed by atoms with Crippen molar-refractivity contribution >= 4 is 10.9 Å². The molecule has 0 amide bonds. The van der Waals surface area contributed by atoms with E-state index in [1.165, 1.54) is 0 Å². The molecule has 2 aromatic carbocycles. The van der Waals surface area contributed by atoms with Crippen molar-refractivity contribution in [1.29, 1.82) is 0 Å². The molecule has 1 aromatic heterocycles. The first-order valence-electron chi connectivity index (χ1n) is 5.81. The zero-order valence-corrected chi connectivity index (χ0v) is 9.97. The van der Waals surface area contributed by atoms with Crippen LogP contribution in [0, 0.1) is 6.92 Å². The molecule has 0 unspecified atom stereocenters. The highest BCUT2D eigenvalue weighted by Gasteiger charge is 2.06. The SMILES string of the molecule is Cc1cccc2[nH]c(-c3ccccc3)nc(=O)c12. The van der Waals surface area contributed by atoms with Crippen LogP contribution in [0.1, 0.15) is 5.56 Å². The van der Waals surface area contributed by atoms with Gasteiger partial charge in [0, 0.05) is 5.56 Å². The number of nitrogens with one attached hydrogen (secondary N) is 1. The summed E-state index contributed by atoms with van der Waals surface area (Å²) >= 11 is 0. The molecule has 1 heterocycles. The molecule has 88 valence electrons. The molecule has 3 aromatic rings. The zero-order chi connectivity index (χ0) is 12.5. The Kier molecular flexibility index (Phi) is 2.45. The Morgan fingerprint density at radius 3 is 2.56 bits per heavy atom. The summed E-state index contributed by atoms with van der Waals surface area (Å²) in [6.45, 7) is 1.92. The molecule has 0 bridgehead atoms. The van der Waals surface area contributed by atoms with E-state index in [9.17, 15) is 4.79 Å². The Hall–Kier alpha value is -2.42. The van der Waals surface area contributed by atoms with E-state index in [-0.39, 0.29) is 5.56 Å². The molecule has 0 spiro atoms. The van der Waals surface area contributed by atoms with E-state index in [0.29, 0.717) is 11.2 Å². The highest BCUT2D eigenvalue weighted by Crippen LogP contribution is 2.17. The first kappa shape index (κ1) is 10.7. The van der Waals surface area contributed by atoms with Gasteiger partial charge in [0.2, 0.25) is 0 Å². The number of nitrogens with zero attached hydrogens (tertiary/aromatic N) is 1. The maximum atomic E-state index is 12.1. The van der Waals surface area contributed by atoms with Gasteiger partial charge in [-0.2, -0.15) is 4.98 Å². The Morgan fingerprint density at radius 2 is 1.78 bits per heavy atom. The zero-order valence-electron chi connectivity index (χ0n) is 9.97. The number of fused-ring (bicyclic) bond motifs is 1. The number of hydrogen-bond donors (Lipinski definition) is 1. The minimum atomic E-state index is -0.180. The first-order chi connectivity index (χ1) is 8.75. The van der Waals surface area contributed by atoms with Crippen molar-refractivity contribution in [2.75, 3.05) is 0 Å². The lowest BCUT2D eigenvalue weighted by atomic mass is 10.1. The topological polar surface area (TPSA) is 45.8 Å². The van der Waals surface area contributed by atoms with Crippen LogP contribution in [0.5, 0.6) is 0 Å². The van der Waals surface area contributed by atoms with Gasteiger partial charge in [0.15, 0.2) is 0 Å². The van der Waals surface area contributed by atoms with E-state index < -0.39 is 0 Å². The van der Waals surface area contributed by atoms with Gasteiger partial charge in [-0.15, -0.1) is 0 Å². The van der Waals surface area contributed by atoms with Gasteiger partial charge in [-0.3, -0.25) is 4.79 Å². The van der Waals surface area contributed by atoms with Gasteiger partial charge in [0.1, 0.15) is 5.82 Å². The summed E-state index contributed by atoms with van der Waals surface area (Å²) in [5.41, 5.74) is 2.51. The van der Waals surface area contributed by atoms with Crippen molar-refractivity contribution in [3.63, 3.8) is 0 Å². The molecule has 0 aliphatic rings. The highest BCUT2D eigenvalue weighted by molar-refractivity contribution is 5.82. The van der Waals surface area contributed by atoms with Crippen molar-refractivity contribution in [1.82, 2.24) is 9.97 Å². The minimum Gasteiger partial charge on any atom is -0.339 e. The van der Waals surface area contributed by atoms with Crippen LogP contribution in [0.25, 0.3) is 22.3 Å². The standard InChI is InChI=1S/C15H12N2O/c1-10-6-5-9-12-13(10)15(18)17-14(16-12)11-7-3-2-4-8-11/h2-9H,1H3,(H,16,17,18). The van der Waals surface area contributed by atoms with E-state index in [4.69, 9.17) is 0 Å². The molecule has 0 radical (unpaired) electrons. The second kappa shape index (κ2) is 4.11. The molecular formula is C15H12N2O. The average Bonchev–Trinajstić information content (AvgIpc) is 2.39. The van der Waals surface area contributed by atoms with E-state index in [0.717, 1.165) is 16.6 Å². The molecule has 0 atom stereocenters. The molecule has 0 fully saturated rings. The van der Waals surface area contributed by atoms with Crippen molar-refractivity contribution in [2.45, 2.75) is 6.92 Å². The van der Waals surface area contributed by atoms with Gasteiger partial charge in [-0.25, -0.2) is 0 Å². The molecule has 0 aliphatic heterocycles. The van der Waals surface area contributed by atoms with E-state index >= 15 is 0 Å². The number of hydrogen-bond acceptors (Lipinski definition) is 2. The number of aromatic amines is 1.